The maximum atomic E-state index is 13.4. The molecule has 0 radical (unpaired) electrons. The van der Waals surface area contributed by atoms with E-state index in [1.807, 2.05) is 20.0 Å². The molecule has 0 spiro atoms. The predicted molar refractivity (Wildman–Crippen MR) is 140 cm³/mol. The molecule has 3 atom stereocenters. The number of hydrogen-bond acceptors (Lipinski definition) is 6. The minimum atomic E-state index is -3.82. The first kappa shape index (κ1) is 29.8. The zero-order valence-electron chi connectivity index (χ0n) is 22.7. The Morgan fingerprint density at radius 1 is 1.20 bits per heavy atom. The van der Waals surface area contributed by atoms with E-state index >= 15 is 0 Å². The lowest BCUT2D eigenvalue weighted by molar-refractivity contribution is -0.114. The van der Waals surface area contributed by atoms with Gasteiger partial charge in [0.05, 0.1) is 11.5 Å². The monoisotopic (exact) mass is 528 g/mol. The Balaban J connectivity index is 2.46. The van der Waals surface area contributed by atoms with Crippen molar-refractivity contribution in [2.24, 2.45) is 17.3 Å². The number of aryl methyl sites for hydroxylation is 1. The summed E-state index contributed by atoms with van der Waals surface area (Å²) in [6, 6.07) is 6.58. The lowest BCUT2D eigenvalue weighted by Crippen LogP contribution is -2.60. The number of carbonyl (C=O) groups excluding carboxylic acids is 1. The van der Waals surface area contributed by atoms with Crippen LogP contribution in [0.5, 0.6) is 0 Å². The predicted octanol–water partition coefficient (Wildman–Crippen LogP) is 3.88. The van der Waals surface area contributed by atoms with Gasteiger partial charge in [-0.1, -0.05) is 38.5 Å². The number of likely N-dealkylation sites (tertiary alicyclic amines) is 1. The van der Waals surface area contributed by atoms with Crippen molar-refractivity contribution in [3.63, 3.8) is 0 Å². The van der Waals surface area contributed by atoms with Gasteiger partial charge in [-0.15, -0.1) is 0 Å². The van der Waals surface area contributed by atoms with Crippen LogP contribution in [0, 0.1) is 24.2 Å². The van der Waals surface area contributed by atoms with Crippen molar-refractivity contribution in [3.05, 3.63) is 29.8 Å². The number of nitrogens with one attached hydrogen (secondary N) is 1. The molecule has 1 amide bonds. The molecule has 1 fully saturated rings. The van der Waals surface area contributed by atoms with E-state index in [1.165, 1.54) is 0 Å². The van der Waals surface area contributed by atoms with Crippen molar-refractivity contribution < 1.29 is 27.5 Å². The fraction of sp³-hybridized carbons (Fsp3) is 0.720. The van der Waals surface area contributed by atoms with Crippen LogP contribution in [0.2, 0.25) is 13.1 Å². The van der Waals surface area contributed by atoms with Gasteiger partial charge in [-0.25, -0.2) is 17.9 Å². The van der Waals surface area contributed by atoms with Crippen LogP contribution in [0.1, 0.15) is 53.5 Å². The Morgan fingerprint density at radius 3 is 2.23 bits per heavy atom. The molecule has 2 N–H and O–H groups in total. The Bertz CT molecular complexity index is 969. The number of rotatable bonds is 8. The summed E-state index contributed by atoms with van der Waals surface area (Å²) in [6.45, 7) is 17.6. The number of nitrogens with zero attached hydrogens (tertiary/aromatic N) is 1. The summed E-state index contributed by atoms with van der Waals surface area (Å²) in [5, 5.41) is 10.5. The number of amides is 1. The smallest absolute Gasteiger partial charge is 0.412 e. The van der Waals surface area contributed by atoms with Gasteiger partial charge in [0, 0.05) is 19.0 Å². The zero-order valence-corrected chi connectivity index (χ0v) is 24.7. The maximum Gasteiger partial charge on any atom is 0.412 e. The van der Waals surface area contributed by atoms with Crippen LogP contribution in [0.3, 0.4) is 0 Å². The standard InChI is InChI=1S/C25H44N2O6SSi/c1-18-10-12-21(13-11-18)34(30,31)26-15-20(17-28)25(33-35(8)9)14-19(23(2,3)4)16-27(25)22(29)32-24(5,6)7/h10-13,19-20,26,28,35H,14-17H2,1-9H3/t19-,20?,25-/m0/s1. The first-order valence-electron chi connectivity index (χ1n) is 12.3. The van der Waals surface area contributed by atoms with E-state index in [0.717, 1.165) is 5.56 Å². The number of benzene rings is 1. The van der Waals surface area contributed by atoms with Crippen molar-refractivity contribution in [2.45, 2.75) is 84.2 Å². The fourth-order valence-electron chi connectivity index (χ4n) is 4.41. The minimum Gasteiger partial charge on any atom is -0.444 e. The van der Waals surface area contributed by atoms with E-state index in [1.54, 1.807) is 49.9 Å². The summed E-state index contributed by atoms with van der Waals surface area (Å²) < 4.78 is 41.0. The fourth-order valence-corrected chi connectivity index (χ4v) is 6.72. The highest BCUT2D eigenvalue weighted by molar-refractivity contribution is 7.89. The lowest BCUT2D eigenvalue weighted by Gasteiger charge is -2.45. The number of sulfonamides is 1. The summed E-state index contributed by atoms with van der Waals surface area (Å²) in [7, 11) is -5.56. The van der Waals surface area contributed by atoms with Gasteiger partial charge in [-0.05, 0) is 70.7 Å². The Labute approximate surface area is 213 Å². The van der Waals surface area contributed by atoms with Gasteiger partial charge in [-0.2, -0.15) is 0 Å². The molecule has 1 heterocycles. The number of aliphatic hydroxyl groups is 1. The largest absolute Gasteiger partial charge is 0.444 e. The van der Waals surface area contributed by atoms with Crippen LogP contribution in [-0.4, -0.2) is 64.6 Å². The minimum absolute atomic E-state index is 0.0746. The normalized spacial score (nSPS) is 22.5. The van der Waals surface area contributed by atoms with E-state index in [0.29, 0.717) is 13.0 Å². The van der Waals surface area contributed by atoms with Gasteiger partial charge >= 0.3 is 6.09 Å². The Morgan fingerprint density at radius 2 is 1.77 bits per heavy atom. The van der Waals surface area contributed by atoms with Crippen LogP contribution in [-0.2, 0) is 19.2 Å². The Kier molecular flexibility index (Phi) is 9.25. The molecule has 10 heteroatoms. The van der Waals surface area contributed by atoms with E-state index in [4.69, 9.17) is 9.16 Å². The zero-order chi connectivity index (χ0) is 26.8. The maximum absolute atomic E-state index is 13.4. The molecule has 0 saturated carbocycles. The summed E-state index contributed by atoms with van der Waals surface area (Å²) in [5.74, 6) is -0.608. The molecule has 1 aromatic rings. The molecule has 200 valence electrons. The van der Waals surface area contributed by atoms with E-state index in [-0.39, 0.29) is 29.4 Å². The van der Waals surface area contributed by atoms with Crippen LogP contribution >= 0.6 is 0 Å². The third kappa shape index (κ3) is 7.52. The summed E-state index contributed by atoms with van der Waals surface area (Å²) in [5.41, 5.74) is -1.06. The second-order valence-electron chi connectivity index (χ2n) is 11.9. The first-order chi connectivity index (χ1) is 15.9. The summed E-state index contributed by atoms with van der Waals surface area (Å²) >= 11 is 0. The summed E-state index contributed by atoms with van der Waals surface area (Å²) in [4.78, 5) is 15.2. The van der Waals surface area contributed by atoms with Gasteiger partial charge in [0.15, 0.2) is 9.04 Å². The van der Waals surface area contributed by atoms with Crippen molar-refractivity contribution in [1.29, 1.82) is 0 Å². The van der Waals surface area contributed by atoms with Crippen LogP contribution in [0.4, 0.5) is 4.79 Å². The topological polar surface area (TPSA) is 105 Å². The molecule has 1 aliphatic rings. The van der Waals surface area contributed by atoms with E-state index in [2.05, 4.69) is 25.5 Å². The molecule has 0 bridgehead atoms. The number of carbonyl (C=O) groups is 1. The van der Waals surface area contributed by atoms with Gasteiger partial charge in [0.2, 0.25) is 10.0 Å². The highest BCUT2D eigenvalue weighted by Crippen LogP contribution is 2.47. The molecular weight excluding hydrogens is 484 g/mol. The van der Waals surface area contributed by atoms with Gasteiger partial charge < -0.3 is 14.3 Å². The van der Waals surface area contributed by atoms with Crippen LogP contribution < -0.4 is 4.72 Å². The molecule has 0 aromatic heterocycles. The van der Waals surface area contributed by atoms with Crippen molar-refractivity contribution in [3.8, 4) is 0 Å². The highest BCUT2D eigenvalue weighted by Gasteiger charge is 2.57. The van der Waals surface area contributed by atoms with E-state index in [9.17, 15) is 18.3 Å². The van der Waals surface area contributed by atoms with Crippen molar-refractivity contribution in [1.82, 2.24) is 9.62 Å². The number of aliphatic hydroxyl groups excluding tert-OH is 1. The number of ether oxygens (including phenoxy) is 1. The van der Waals surface area contributed by atoms with E-state index < -0.39 is 42.4 Å². The van der Waals surface area contributed by atoms with Gasteiger partial charge in [-0.3, -0.25) is 4.90 Å². The lowest BCUT2D eigenvalue weighted by atomic mass is 9.77. The molecule has 35 heavy (non-hydrogen) atoms. The quantitative estimate of drug-likeness (QED) is 0.496. The van der Waals surface area contributed by atoms with Crippen LogP contribution in [0.15, 0.2) is 29.2 Å². The molecule has 8 nitrogen and oxygen atoms in total. The molecule has 1 aromatic carbocycles. The first-order valence-corrected chi connectivity index (χ1v) is 16.5. The molecular formula is C25H44N2O6SSi. The number of hydrogen-bond donors (Lipinski definition) is 2. The molecule has 1 saturated heterocycles. The third-order valence-electron chi connectivity index (χ3n) is 6.39. The highest BCUT2D eigenvalue weighted by atomic mass is 32.2. The molecule has 0 aliphatic carbocycles. The third-order valence-corrected chi connectivity index (χ3v) is 8.71. The second kappa shape index (κ2) is 10.9. The average molecular weight is 529 g/mol. The SMILES string of the molecule is Cc1ccc(S(=O)(=O)NCC(CO)[C@@]2(O[SiH](C)C)C[C@H](C(C)(C)C)CN2C(=O)OC(C)(C)C)cc1. The van der Waals surface area contributed by atoms with Crippen LogP contribution in [0.25, 0.3) is 0 Å². The van der Waals surface area contributed by atoms with Crippen molar-refractivity contribution in [2.75, 3.05) is 19.7 Å². The Hall–Kier alpha value is -1.46. The second-order valence-corrected chi connectivity index (χ2v) is 16.0. The average Bonchev–Trinajstić information content (AvgIpc) is 3.07. The molecule has 1 unspecified atom stereocenters. The summed E-state index contributed by atoms with van der Waals surface area (Å²) in [6.07, 6.45) is -0.0305. The molecule has 2 rings (SSSR count). The molecule has 1 aliphatic heterocycles. The van der Waals surface area contributed by atoms with Crippen molar-refractivity contribution >= 4 is 25.2 Å². The van der Waals surface area contributed by atoms with Gasteiger partial charge in [0.25, 0.3) is 0 Å². The van der Waals surface area contributed by atoms with Gasteiger partial charge in [0.1, 0.15) is 11.3 Å².